The summed E-state index contributed by atoms with van der Waals surface area (Å²) in [4.78, 5) is 11.6. The van der Waals surface area contributed by atoms with Crippen LogP contribution in [0.2, 0.25) is 0 Å². The van der Waals surface area contributed by atoms with Gasteiger partial charge in [0.2, 0.25) is 15.9 Å². The lowest BCUT2D eigenvalue weighted by Gasteiger charge is -2.13. The first-order chi connectivity index (χ1) is 9.26. The molecular weight excluding hydrogens is 278 g/mol. The minimum atomic E-state index is -3.58. The van der Waals surface area contributed by atoms with E-state index in [4.69, 9.17) is 5.73 Å². The molecule has 0 saturated carbocycles. The molecule has 0 fully saturated rings. The van der Waals surface area contributed by atoms with E-state index in [2.05, 4.69) is 10.0 Å². The van der Waals surface area contributed by atoms with E-state index < -0.39 is 16.1 Å². The lowest BCUT2D eigenvalue weighted by Crippen LogP contribution is -2.33. The molecule has 1 unspecified atom stereocenters. The van der Waals surface area contributed by atoms with Crippen molar-refractivity contribution in [2.75, 3.05) is 5.32 Å². The normalized spacial score (nSPS) is 14.6. The maximum atomic E-state index is 12.1. The molecule has 2 atom stereocenters. The highest BCUT2D eigenvalue weighted by molar-refractivity contribution is 7.89. The second-order valence-corrected chi connectivity index (χ2v) is 6.45. The van der Waals surface area contributed by atoms with Crippen molar-refractivity contribution in [2.45, 2.75) is 44.2 Å². The summed E-state index contributed by atoms with van der Waals surface area (Å²) in [6, 6.07) is 5.26. The van der Waals surface area contributed by atoms with Crippen molar-refractivity contribution in [1.82, 2.24) is 4.72 Å². The molecule has 0 radical (unpaired) electrons. The van der Waals surface area contributed by atoms with Crippen LogP contribution in [0.1, 0.15) is 27.2 Å². The number of hydrogen-bond donors (Lipinski definition) is 3. The monoisotopic (exact) mass is 299 g/mol. The zero-order valence-corrected chi connectivity index (χ0v) is 12.7. The second-order valence-electron chi connectivity index (χ2n) is 4.74. The molecule has 0 aliphatic carbocycles. The fourth-order valence-corrected chi connectivity index (χ4v) is 2.79. The maximum absolute atomic E-state index is 12.1. The van der Waals surface area contributed by atoms with Gasteiger partial charge in [0.15, 0.2) is 0 Å². The smallest absolute Gasteiger partial charge is 0.240 e. The van der Waals surface area contributed by atoms with Crippen LogP contribution in [-0.2, 0) is 14.8 Å². The molecule has 112 valence electrons. The number of nitrogens with one attached hydrogen (secondary N) is 2. The Morgan fingerprint density at radius 2 is 2.00 bits per heavy atom. The predicted molar refractivity (Wildman–Crippen MR) is 78.8 cm³/mol. The lowest BCUT2D eigenvalue weighted by molar-refractivity contribution is -0.117. The number of rotatable bonds is 6. The Kier molecular flexibility index (Phi) is 5.67. The maximum Gasteiger partial charge on any atom is 0.240 e. The van der Waals surface area contributed by atoms with Gasteiger partial charge in [-0.1, -0.05) is 13.0 Å². The molecule has 1 rings (SSSR count). The number of carbonyl (C=O) groups is 1. The molecule has 4 N–H and O–H groups in total. The number of anilines is 1. The topological polar surface area (TPSA) is 101 Å². The van der Waals surface area contributed by atoms with Crippen molar-refractivity contribution in [3.8, 4) is 0 Å². The quantitative estimate of drug-likeness (QED) is 0.730. The zero-order valence-electron chi connectivity index (χ0n) is 11.9. The molecule has 0 aliphatic rings. The molecule has 7 heteroatoms. The molecule has 1 aromatic rings. The van der Waals surface area contributed by atoms with Gasteiger partial charge < -0.3 is 11.1 Å². The summed E-state index contributed by atoms with van der Waals surface area (Å²) in [6.45, 7) is 5.24. The fourth-order valence-electron chi connectivity index (χ4n) is 1.41. The molecule has 0 heterocycles. The number of carbonyl (C=O) groups excluding carboxylic acids is 1. The lowest BCUT2D eigenvalue weighted by atomic mass is 10.3. The Labute approximate surface area is 119 Å². The Bertz CT molecular complexity index is 570. The van der Waals surface area contributed by atoms with Gasteiger partial charge >= 0.3 is 0 Å². The second kappa shape index (κ2) is 6.83. The first-order valence-corrected chi connectivity index (χ1v) is 7.93. The average Bonchev–Trinajstić information content (AvgIpc) is 2.38. The van der Waals surface area contributed by atoms with Gasteiger partial charge in [0, 0.05) is 11.7 Å². The van der Waals surface area contributed by atoms with Crippen LogP contribution in [0, 0.1) is 0 Å². The first-order valence-electron chi connectivity index (χ1n) is 6.45. The summed E-state index contributed by atoms with van der Waals surface area (Å²) in [5.74, 6) is -0.366. The largest absolute Gasteiger partial charge is 0.325 e. The SMILES string of the molecule is CCC(C)NS(=O)(=O)c1cccc(NC(=O)[C@H](C)N)c1. The fraction of sp³-hybridized carbons (Fsp3) is 0.462. The van der Waals surface area contributed by atoms with Crippen molar-refractivity contribution in [3.05, 3.63) is 24.3 Å². The Morgan fingerprint density at radius 3 is 2.55 bits per heavy atom. The van der Waals surface area contributed by atoms with Gasteiger partial charge in [-0.05, 0) is 38.5 Å². The molecule has 0 saturated heterocycles. The van der Waals surface area contributed by atoms with Crippen molar-refractivity contribution < 1.29 is 13.2 Å². The standard InChI is InChI=1S/C13H21N3O3S/c1-4-9(2)16-20(18,19)12-7-5-6-11(8-12)15-13(17)10(3)14/h5-10,16H,4,14H2,1-3H3,(H,15,17)/t9?,10-/m0/s1. The minimum absolute atomic E-state index is 0.111. The number of amides is 1. The van der Waals surface area contributed by atoms with Gasteiger partial charge in [0.05, 0.1) is 10.9 Å². The number of benzene rings is 1. The van der Waals surface area contributed by atoms with Crippen LogP contribution >= 0.6 is 0 Å². The minimum Gasteiger partial charge on any atom is -0.325 e. The van der Waals surface area contributed by atoms with Gasteiger partial charge in [-0.2, -0.15) is 0 Å². The van der Waals surface area contributed by atoms with Gasteiger partial charge in [-0.15, -0.1) is 0 Å². The Hall–Kier alpha value is -1.44. The van der Waals surface area contributed by atoms with Gasteiger partial charge in [0.25, 0.3) is 0 Å². The average molecular weight is 299 g/mol. The van der Waals surface area contributed by atoms with E-state index >= 15 is 0 Å². The molecule has 20 heavy (non-hydrogen) atoms. The number of hydrogen-bond acceptors (Lipinski definition) is 4. The van der Waals surface area contributed by atoms with Crippen LogP contribution in [0.25, 0.3) is 0 Å². The van der Waals surface area contributed by atoms with Crippen LogP contribution in [0.5, 0.6) is 0 Å². The highest BCUT2D eigenvalue weighted by atomic mass is 32.2. The number of sulfonamides is 1. The Morgan fingerprint density at radius 1 is 1.35 bits per heavy atom. The van der Waals surface area contributed by atoms with Crippen molar-refractivity contribution >= 4 is 21.6 Å². The van der Waals surface area contributed by atoms with Crippen LogP contribution in [0.4, 0.5) is 5.69 Å². The van der Waals surface area contributed by atoms with Crippen LogP contribution in [0.3, 0.4) is 0 Å². The third-order valence-electron chi connectivity index (χ3n) is 2.79. The predicted octanol–water partition coefficient (Wildman–Crippen LogP) is 1.05. The summed E-state index contributed by atoms with van der Waals surface area (Å²) in [6.07, 6.45) is 0.695. The molecule has 0 bridgehead atoms. The van der Waals surface area contributed by atoms with E-state index in [1.165, 1.54) is 12.1 Å². The zero-order chi connectivity index (χ0) is 15.3. The molecule has 1 amide bonds. The molecule has 0 spiro atoms. The molecule has 6 nitrogen and oxygen atoms in total. The summed E-state index contributed by atoms with van der Waals surface area (Å²) in [7, 11) is -3.58. The van der Waals surface area contributed by atoms with E-state index in [9.17, 15) is 13.2 Å². The Balaban J connectivity index is 2.95. The molecular formula is C13H21N3O3S. The summed E-state index contributed by atoms with van der Waals surface area (Å²) in [5.41, 5.74) is 5.85. The van der Waals surface area contributed by atoms with Crippen molar-refractivity contribution in [3.63, 3.8) is 0 Å². The summed E-state index contributed by atoms with van der Waals surface area (Å²) in [5, 5.41) is 2.56. The van der Waals surface area contributed by atoms with E-state index in [-0.39, 0.29) is 16.8 Å². The van der Waals surface area contributed by atoms with Crippen molar-refractivity contribution in [1.29, 1.82) is 0 Å². The van der Waals surface area contributed by atoms with Crippen LogP contribution in [-0.4, -0.2) is 26.4 Å². The summed E-state index contributed by atoms with van der Waals surface area (Å²) >= 11 is 0. The van der Waals surface area contributed by atoms with Crippen molar-refractivity contribution in [2.24, 2.45) is 5.73 Å². The molecule has 0 aromatic heterocycles. The third kappa shape index (κ3) is 4.59. The van der Waals surface area contributed by atoms with Gasteiger partial charge in [-0.3, -0.25) is 4.79 Å². The van der Waals surface area contributed by atoms with E-state index in [1.54, 1.807) is 26.0 Å². The first kappa shape index (κ1) is 16.6. The van der Waals surface area contributed by atoms with E-state index in [0.29, 0.717) is 12.1 Å². The highest BCUT2D eigenvalue weighted by Crippen LogP contribution is 2.16. The summed E-state index contributed by atoms with van der Waals surface area (Å²) < 4.78 is 26.8. The van der Waals surface area contributed by atoms with Crippen LogP contribution < -0.4 is 15.8 Å². The van der Waals surface area contributed by atoms with E-state index in [0.717, 1.165) is 0 Å². The third-order valence-corrected chi connectivity index (χ3v) is 4.38. The number of nitrogens with two attached hydrogens (primary N) is 1. The van der Waals surface area contributed by atoms with Gasteiger partial charge in [-0.25, -0.2) is 13.1 Å². The molecule has 1 aromatic carbocycles. The van der Waals surface area contributed by atoms with E-state index in [1.807, 2.05) is 6.92 Å². The molecule has 0 aliphatic heterocycles. The highest BCUT2D eigenvalue weighted by Gasteiger charge is 2.17. The van der Waals surface area contributed by atoms with Crippen LogP contribution in [0.15, 0.2) is 29.2 Å². The van der Waals surface area contributed by atoms with Gasteiger partial charge in [0.1, 0.15) is 0 Å².